The summed E-state index contributed by atoms with van der Waals surface area (Å²) < 4.78 is 0. The van der Waals surface area contributed by atoms with Crippen LogP contribution in [0, 0.1) is 10.1 Å². The van der Waals surface area contributed by atoms with Gasteiger partial charge in [0, 0.05) is 42.0 Å². The minimum atomic E-state index is -0.468. The van der Waals surface area contributed by atoms with Crippen molar-refractivity contribution in [3.05, 3.63) is 99.6 Å². The van der Waals surface area contributed by atoms with Crippen LogP contribution in [0.2, 0.25) is 0 Å². The van der Waals surface area contributed by atoms with Gasteiger partial charge in [0.1, 0.15) is 0 Å². The minimum absolute atomic E-state index is 0.0361. The van der Waals surface area contributed by atoms with E-state index >= 15 is 0 Å². The largest absolute Gasteiger partial charge is 0.354 e. The monoisotopic (exact) mass is 482 g/mol. The summed E-state index contributed by atoms with van der Waals surface area (Å²) >= 11 is 0. The molecule has 3 aromatic rings. The molecule has 1 unspecified atom stereocenters. The third-order valence-corrected chi connectivity index (χ3v) is 6.71. The number of rotatable bonds is 7. The maximum absolute atomic E-state index is 13.1. The van der Waals surface area contributed by atoms with Crippen LogP contribution < -0.4 is 10.6 Å². The molecule has 8 heteroatoms. The fourth-order valence-corrected chi connectivity index (χ4v) is 4.97. The van der Waals surface area contributed by atoms with E-state index in [4.69, 9.17) is 0 Å². The van der Waals surface area contributed by atoms with Gasteiger partial charge in [-0.15, -0.1) is 0 Å². The standard InChI is InChI=1S/C28H26N4O4/c1-2-24(31-16-6-9-25(31)33)18-10-12-20(13-11-18)29-27(19-7-4-3-5-8-19)26-22-17-21(32(35)36)14-15-23(22)30-28(26)34/h3-5,7-8,10-15,17,24,29H,2,6,9,16H2,1H3,(H,30,34). The van der Waals surface area contributed by atoms with E-state index < -0.39 is 4.92 Å². The van der Waals surface area contributed by atoms with Gasteiger partial charge in [0.2, 0.25) is 5.91 Å². The zero-order valence-electron chi connectivity index (χ0n) is 19.9. The van der Waals surface area contributed by atoms with Gasteiger partial charge < -0.3 is 15.5 Å². The first-order valence-corrected chi connectivity index (χ1v) is 12.0. The van der Waals surface area contributed by atoms with Crippen LogP contribution in [-0.4, -0.2) is 28.2 Å². The van der Waals surface area contributed by atoms with E-state index in [1.807, 2.05) is 59.5 Å². The SMILES string of the molecule is CCC(c1ccc(NC(=C2C(=O)Nc3ccc([N+](=O)[O-])cc32)c2ccccc2)cc1)N1CCCC1=O. The normalized spacial score (nSPS) is 17.0. The van der Waals surface area contributed by atoms with Crippen LogP contribution >= 0.6 is 0 Å². The summed E-state index contributed by atoms with van der Waals surface area (Å²) in [4.78, 5) is 38.2. The second-order valence-electron chi connectivity index (χ2n) is 8.92. The number of hydrogen-bond acceptors (Lipinski definition) is 5. The third kappa shape index (κ3) is 4.33. The van der Waals surface area contributed by atoms with Gasteiger partial charge in [0.25, 0.3) is 11.6 Å². The Morgan fingerprint density at radius 1 is 1.08 bits per heavy atom. The molecule has 1 fully saturated rings. The molecule has 2 heterocycles. The van der Waals surface area contributed by atoms with E-state index in [0.29, 0.717) is 28.9 Å². The Labute approximate surface area is 208 Å². The highest BCUT2D eigenvalue weighted by molar-refractivity contribution is 6.37. The number of carbonyl (C=O) groups excluding carboxylic acids is 2. The van der Waals surface area contributed by atoms with Gasteiger partial charge >= 0.3 is 0 Å². The average molecular weight is 483 g/mol. The van der Waals surface area contributed by atoms with Crippen molar-refractivity contribution in [2.75, 3.05) is 17.2 Å². The number of non-ortho nitro benzene ring substituents is 1. The predicted molar refractivity (Wildman–Crippen MR) is 139 cm³/mol. The average Bonchev–Trinajstić information content (AvgIpc) is 3.46. The molecule has 2 N–H and O–H groups in total. The van der Waals surface area contributed by atoms with Gasteiger partial charge in [-0.1, -0.05) is 49.4 Å². The van der Waals surface area contributed by atoms with Crippen molar-refractivity contribution >= 4 is 40.1 Å². The molecular weight excluding hydrogens is 456 g/mol. The highest BCUT2D eigenvalue weighted by atomic mass is 16.6. The molecule has 8 nitrogen and oxygen atoms in total. The molecule has 2 amide bonds. The van der Waals surface area contributed by atoms with Crippen LogP contribution in [0.4, 0.5) is 17.1 Å². The molecule has 36 heavy (non-hydrogen) atoms. The third-order valence-electron chi connectivity index (χ3n) is 6.71. The Balaban J connectivity index is 1.54. The van der Waals surface area contributed by atoms with Crippen molar-refractivity contribution in [1.82, 2.24) is 4.90 Å². The molecule has 0 aromatic heterocycles. The number of hydrogen-bond donors (Lipinski definition) is 2. The van der Waals surface area contributed by atoms with Crippen LogP contribution in [0.25, 0.3) is 11.3 Å². The minimum Gasteiger partial charge on any atom is -0.354 e. The zero-order valence-corrected chi connectivity index (χ0v) is 19.9. The first-order chi connectivity index (χ1) is 17.5. The number of fused-ring (bicyclic) bond motifs is 1. The van der Waals surface area contributed by atoms with Crippen molar-refractivity contribution in [3.63, 3.8) is 0 Å². The number of carbonyl (C=O) groups is 2. The summed E-state index contributed by atoms with van der Waals surface area (Å²) in [5, 5.41) is 17.6. The van der Waals surface area contributed by atoms with Crippen molar-refractivity contribution in [3.8, 4) is 0 Å². The number of amides is 2. The molecule has 1 atom stereocenters. The molecule has 2 aliphatic heterocycles. The Morgan fingerprint density at radius 2 is 1.83 bits per heavy atom. The molecule has 0 saturated carbocycles. The maximum atomic E-state index is 13.1. The first-order valence-electron chi connectivity index (χ1n) is 12.0. The summed E-state index contributed by atoms with van der Waals surface area (Å²) in [6.45, 7) is 2.86. The zero-order chi connectivity index (χ0) is 25.2. The maximum Gasteiger partial charge on any atom is 0.270 e. The molecule has 1 saturated heterocycles. The molecule has 0 radical (unpaired) electrons. The van der Waals surface area contributed by atoms with Crippen LogP contribution in [-0.2, 0) is 9.59 Å². The predicted octanol–water partition coefficient (Wildman–Crippen LogP) is 5.60. The second-order valence-corrected chi connectivity index (χ2v) is 8.92. The summed E-state index contributed by atoms with van der Waals surface area (Å²) in [5.41, 5.74) is 4.44. The molecule has 0 spiro atoms. The quantitative estimate of drug-likeness (QED) is 0.259. The molecule has 3 aromatic carbocycles. The second kappa shape index (κ2) is 9.65. The number of nitro benzene ring substituents is 1. The molecule has 182 valence electrons. The van der Waals surface area contributed by atoms with Gasteiger partial charge in [0.15, 0.2) is 0 Å². The van der Waals surface area contributed by atoms with Gasteiger partial charge in [0.05, 0.1) is 22.2 Å². The van der Waals surface area contributed by atoms with Crippen molar-refractivity contribution in [1.29, 1.82) is 0 Å². The van der Waals surface area contributed by atoms with Crippen LogP contribution in [0.15, 0.2) is 72.8 Å². The van der Waals surface area contributed by atoms with Gasteiger partial charge in [-0.2, -0.15) is 0 Å². The molecule has 2 aliphatic rings. The Morgan fingerprint density at radius 3 is 2.47 bits per heavy atom. The van der Waals surface area contributed by atoms with E-state index in [1.165, 1.54) is 12.1 Å². The molecule has 0 bridgehead atoms. The summed E-state index contributed by atoms with van der Waals surface area (Å²) in [7, 11) is 0. The Kier molecular flexibility index (Phi) is 6.25. The number of likely N-dealkylation sites (tertiary alicyclic amines) is 1. The van der Waals surface area contributed by atoms with Gasteiger partial charge in [-0.3, -0.25) is 19.7 Å². The molecular formula is C28H26N4O4. The highest BCUT2D eigenvalue weighted by Crippen LogP contribution is 2.39. The highest BCUT2D eigenvalue weighted by Gasteiger charge is 2.31. The summed E-state index contributed by atoms with van der Waals surface area (Å²) in [6.07, 6.45) is 2.32. The number of nitrogens with one attached hydrogen (secondary N) is 2. The van der Waals surface area contributed by atoms with Crippen LogP contribution in [0.5, 0.6) is 0 Å². The van der Waals surface area contributed by atoms with Crippen LogP contribution in [0.3, 0.4) is 0 Å². The van der Waals surface area contributed by atoms with E-state index in [1.54, 1.807) is 6.07 Å². The lowest BCUT2D eigenvalue weighted by Crippen LogP contribution is -2.29. The number of nitro groups is 1. The van der Waals surface area contributed by atoms with Gasteiger partial charge in [-0.25, -0.2) is 0 Å². The Bertz CT molecular complexity index is 1370. The van der Waals surface area contributed by atoms with Crippen molar-refractivity contribution < 1.29 is 14.5 Å². The lowest BCUT2D eigenvalue weighted by Gasteiger charge is -2.27. The molecule has 5 rings (SSSR count). The topological polar surface area (TPSA) is 105 Å². The number of anilines is 2. The number of nitrogens with zero attached hydrogens (tertiary/aromatic N) is 2. The number of benzene rings is 3. The fourth-order valence-electron chi connectivity index (χ4n) is 4.97. The first kappa shape index (κ1) is 23.3. The Hall–Kier alpha value is -4.46. The smallest absolute Gasteiger partial charge is 0.270 e. The summed E-state index contributed by atoms with van der Waals surface area (Å²) in [5.74, 6) is -0.132. The fraction of sp³-hybridized carbons (Fsp3) is 0.214. The van der Waals surface area contributed by atoms with Crippen LogP contribution in [0.1, 0.15) is 48.9 Å². The lowest BCUT2D eigenvalue weighted by atomic mass is 9.99. The van der Waals surface area contributed by atoms with E-state index in [-0.39, 0.29) is 23.5 Å². The van der Waals surface area contributed by atoms with Crippen molar-refractivity contribution in [2.24, 2.45) is 0 Å². The van der Waals surface area contributed by atoms with Gasteiger partial charge in [-0.05, 0) is 42.2 Å². The summed E-state index contributed by atoms with van der Waals surface area (Å²) in [6, 6.07) is 21.7. The van der Waals surface area contributed by atoms with Crippen molar-refractivity contribution in [2.45, 2.75) is 32.2 Å². The van der Waals surface area contributed by atoms with E-state index in [0.717, 1.165) is 36.2 Å². The lowest BCUT2D eigenvalue weighted by molar-refractivity contribution is -0.384. The van der Waals surface area contributed by atoms with E-state index in [2.05, 4.69) is 17.6 Å². The van der Waals surface area contributed by atoms with E-state index in [9.17, 15) is 19.7 Å². The molecule has 0 aliphatic carbocycles.